The number of amides is 1. The molecule has 1 unspecified atom stereocenters. The number of carbonyl (C=O) groups excluding carboxylic acids is 3. The molecule has 1 heterocycles. The number of anilines is 1. The van der Waals surface area contributed by atoms with E-state index in [2.05, 4.69) is 10.3 Å². The molecule has 2 saturated carbocycles. The summed E-state index contributed by atoms with van der Waals surface area (Å²) in [5, 5.41) is 2.87. The van der Waals surface area contributed by atoms with E-state index in [0.29, 0.717) is 39.7 Å². The summed E-state index contributed by atoms with van der Waals surface area (Å²) >= 11 is 1.22. The zero-order valence-electron chi connectivity index (χ0n) is 21.7. The molecule has 38 heavy (non-hydrogen) atoms. The van der Waals surface area contributed by atoms with Gasteiger partial charge in [0.2, 0.25) is 0 Å². The van der Waals surface area contributed by atoms with Crippen molar-refractivity contribution in [3.63, 3.8) is 0 Å². The van der Waals surface area contributed by atoms with Gasteiger partial charge in [-0.05, 0) is 56.2 Å². The highest BCUT2D eigenvalue weighted by Crippen LogP contribution is 2.35. The molecule has 11 heteroatoms. The number of aryl methyl sites for hydroxylation is 1. The van der Waals surface area contributed by atoms with Crippen LogP contribution in [0.25, 0.3) is 5.57 Å². The molecule has 2 aliphatic carbocycles. The lowest BCUT2D eigenvalue weighted by Crippen LogP contribution is -2.18. The number of allylic oxidation sites excluding steroid dienone is 1. The maximum absolute atomic E-state index is 13.5. The van der Waals surface area contributed by atoms with Crippen molar-refractivity contribution in [3.05, 3.63) is 46.5 Å². The Balaban J connectivity index is 1.58. The minimum atomic E-state index is -3.32. The van der Waals surface area contributed by atoms with Crippen LogP contribution in [0.5, 0.6) is 0 Å². The van der Waals surface area contributed by atoms with Crippen LogP contribution in [0.1, 0.15) is 74.6 Å². The van der Waals surface area contributed by atoms with Crippen molar-refractivity contribution in [2.75, 3.05) is 11.9 Å². The molecule has 1 amide bonds. The smallest absolute Gasteiger partial charge is 0.303 e. The molecule has 0 aliphatic heterocycles. The van der Waals surface area contributed by atoms with Crippen molar-refractivity contribution in [3.8, 4) is 0 Å². The molecule has 2 fully saturated rings. The topological polar surface area (TPSA) is 129 Å². The highest BCUT2D eigenvalue weighted by Gasteiger charge is 2.36. The second-order valence-corrected chi connectivity index (χ2v) is 13.1. The summed E-state index contributed by atoms with van der Waals surface area (Å²) in [6.07, 6.45) is 6.63. The highest BCUT2D eigenvalue weighted by molar-refractivity contribution is 7.92. The van der Waals surface area contributed by atoms with Gasteiger partial charge in [0.25, 0.3) is 5.91 Å². The van der Waals surface area contributed by atoms with Gasteiger partial charge in [0, 0.05) is 24.3 Å². The molecule has 1 aromatic heterocycles. The van der Waals surface area contributed by atoms with Crippen LogP contribution in [0.4, 0.5) is 5.13 Å². The van der Waals surface area contributed by atoms with Crippen LogP contribution in [0.2, 0.25) is 0 Å². The lowest BCUT2D eigenvalue weighted by atomic mass is 9.98. The fraction of sp³-hybridized carbons (Fsp3) is 0.481. The van der Waals surface area contributed by atoms with Gasteiger partial charge in [-0.15, -0.1) is 11.3 Å². The number of ether oxygens (including phenoxy) is 2. The van der Waals surface area contributed by atoms with Crippen LogP contribution in [0, 0.1) is 12.8 Å². The predicted octanol–water partition coefficient (Wildman–Crippen LogP) is 4.77. The fourth-order valence-electron chi connectivity index (χ4n) is 4.54. The molecule has 1 N–H and O–H groups in total. The quantitative estimate of drug-likeness (QED) is 0.325. The lowest BCUT2D eigenvalue weighted by molar-refractivity contribution is -0.157. The van der Waals surface area contributed by atoms with Gasteiger partial charge >= 0.3 is 11.9 Å². The Morgan fingerprint density at radius 1 is 1.08 bits per heavy atom. The van der Waals surface area contributed by atoms with Crippen molar-refractivity contribution >= 4 is 49.7 Å². The summed E-state index contributed by atoms with van der Waals surface area (Å²) in [4.78, 5) is 41.8. The van der Waals surface area contributed by atoms with Crippen molar-refractivity contribution in [1.82, 2.24) is 4.98 Å². The number of carbonyl (C=O) groups is 3. The van der Waals surface area contributed by atoms with Crippen LogP contribution < -0.4 is 5.32 Å². The zero-order valence-corrected chi connectivity index (χ0v) is 23.3. The first-order valence-corrected chi connectivity index (χ1v) is 15.1. The van der Waals surface area contributed by atoms with Gasteiger partial charge in [0.15, 0.2) is 21.1 Å². The molecule has 0 bridgehead atoms. The van der Waals surface area contributed by atoms with Crippen LogP contribution in [-0.2, 0) is 33.7 Å². The first kappa shape index (κ1) is 28.0. The summed E-state index contributed by atoms with van der Waals surface area (Å²) in [7, 11) is -3.32. The Morgan fingerprint density at radius 3 is 2.32 bits per heavy atom. The number of hydrogen-bond donors (Lipinski definition) is 1. The van der Waals surface area contributed by atoms with E-state index in [9.17, 15) is 22.8 Å². The van der Waals surface area contributed by atoms with Gasteiger partial charge in [-0.3, -0.25) is 19.7 Å². The van der Waals surface area contributed by atoms with Crippen molar-refractivity contribution in [2.24, 2.45) is 5.92 Å². The van der Waals surface area contributed by atoms with Crippen molar-refractivity contribution in [1.29, 1.82) is 0 Å². The average Bonchev–Trinajstić information content (AvgIpc) is 3.49. The number of nitrogens with zero attached hydrogens (tertiary/aromatic N) is 1. The van der Waals surface area contributed by atoms with Crippen LogP contribution in [0.3, 0.4) is 0 Å². The van der Waals surface area contributed by atoms with Crippen molar-refractivity contribution in [2.45, 2.75) is 75.5 Å². The van der Waals surface area contributed by atoms with Gasteiger partial charge in [-0.25, -0.2) is 13.4 Å². The fourth-order valence-corrected chi connectivity index (χ4v) is 7.06. The maximum atomic E-state index is 13.5. The molecule has 0 spiro atoms. The Hall–Kier alpha value is -3.05. The number of rotatable bonds is 10. The molecule has 1 aromatic carbocycles. The molecule has 2 aromatic rings. The molecular weight excluding hydrogens is 528 g/mol. The van der Waals surface area contributed by atoms with Crippen LogP contribution in [0.15, 0.2) is 35.2 Å². The first-order valence-electron chi connectivity index (χ1n) is 12.7. The molecule has 0 radical (unpaired) electrons. The SMILES string of the molecule is CC(=O)OCC(OC(C)=O)c1nc(NC(=O)C(=CC2CCCC2)c2ccc(S(=O)(=O)C3CC3)cc2)sc1C. The third-order valence-corrected chi connectivity index (χ3v) is 9.79. The van der Waals surface area contributed by atoms with Crippen LogP contribution in [-0.4, -0.2) is 43.1 Å². The van der Waals surface area contributed by atoms with E-state index >= 15 is 0 Å². The second kappa shape index (κ2) is 11.8. The minimum absolute atomic E-state index is 0.185. The maximum Gasteiger partial charge on any atom is 0.303 e. The van der Waals surface area contributed by atoms with E-state index in [1.807, 2.05) is 6.08 Å². The molecule has 1 atom stereocenters. The van der Waals surface area contributed by atoms with Gasteiger partial charge in [0.05, 0.1) is 10.1 Å². The number of sulfone groups is 1. The van der Waals surface area contributed by atoms with Gasteiger partial charge < -0.3 is 9.47 Å². The number of esters is 2. The van der Waals surface area contributed by atoms with E-state index in [0.717, 1.165) is 25.7 Å². The number of thiazole rings is 1. The third kappa shape index (κ3) is 6.87. The number of nitrogens with one attached hydrogen (secondary N) is 1. The second-order valence-electron chi connectivity index (χ2n) is 9.71. The Labute approximate surface area is 226 Å². The molecule has 2 aliphatic rings. The predicted molar refractivity (Wildman–Crippen MR) is 143 cm³/mol. The zero-order chi connectivity index (χ0) is 27.4. The van der Waals surface area contributed by atoms with Gasteiger partial charge in [0.1, 0.15) is 12.3 Å². The molecule has 4 rings (SSSR count). The lowest BCUT2D eigenvalue weighted by Gasteiger charge is -2.15. The number of benzene rings is 1. The highest BCUT2D eigenvalue weighted by atomic mass is 32.2. The van der Waals surface area contributed by atoms with E-state index in [1.54, 1.807) is 31.2 Å². The largest absolute Gasteiger partial charge is 0.461 e. The van der Waals surface area contributed by atoms with E-state index in [-0.39, 0.29) is 28.6 Å². The van der Waals surface area contributed by atoms with E-state index in [4.69, 9.17) is 9.47 Å². The molecule has 9 nitrogen and oxygen atoms in total. The average molecular weight is 561 g/mol. The Kier molecular flexibility index (Phi) is 8.67. The molecule has 0 saturated heterocycles. The summed E-state index contributed by atoms with van der Waals surface area (Å²) in [6, 6.07) is 6.51. The molecule has 204 valence electrons. The number of aromatic nitrogens is 1. The standard InChI is InChI=1S/C27H32N2O7S2/c1-16-25(24(36-18(3)31)15-35-17(2)30)28-27(37-16)29-26(32)23(14-19-6-4-5-7-19)20-8-10-21(11-9-20)38(33,34)22-12-13-22/h8-11,14,19,22,24H,4-7,12-13,15H2,1-3H3,(H,28,29,32). The van der Waals surface area contributed by atoms with Gasteiger partial charge in [-0.1, -0.05) is 31.1 Å². The molecular formula is C27H32N2O7S2. The monoisotopic (exact) mass is 560 g/mol. The normalized spacial score (nSPS) is 17.2. The summed E-state index contributed by atoms with van der Waals surface area (Å²) in [5.74, 6) is -1.16. The van der Waals surface area contributed by atoms with E-state index < -0.39 is 27.9 Å². The Morgan fingerprint density at radius 2 is 1.74 bits per heavy atom. The minimum Gasteiger partial charge on any atom is -0.461 e. The number of hydrogen-bond acceptors (Lipinski definition) is 9. The summed E-state index contributed by atoms with van der Waals surface area (Å²) < 4.78 is 35.6. The van der Waals surface area contributed by atoms with Crippen LogP contribution >= 0.6 is 11.3 Å². The van der Waals surface area contributed by atoms with E-state index in [1.165, 1.54) is 25.2 Å². The third-order valence-electron chi connectivity index (χ3n) is 6.61. The summed E-state index contributed by atoms with van der Waals surface area (Å²) in [6.45, 7) is 4.11. The first-order chi connectivity index (χ1) is 18.0. The Bertz CT molecular complexity index is 1340. The van der Waals surface area contributed by atoms with Crippen molar-refractivity contribution < 1.29 is 32.3 Å². The summed E-state index contributed by atoms with van der Waals surface area (Å²) in [5.41, 5.74) is 1.49. The van der Waals surface area contributed by atoms with Gasteiger partial charge in [-0.2, -0.15) is 0 Å².